The van der Waals surface area contributed by atoms with Gasteiger partial charge in [-0.15, -0.1) is 5.10 Å². The maximum atomic E-state index is 4.69. The number of hydrogen-bond donors (Lipinski definition) is 3. The predicted molar refractivity (Wildman–Crippen MR) is 45.1 cm³/mol. The van der Waals surface area contributed by atoms with Crippen molar-refractivity contribution in [1.29, 1.82) is 0 Å². The van der Waals surface area contributed by atoms with Gasteiger partial charge in [0.25, 0.3) is 0 Å². The minimum Gasteiger partial charge on any atom is -0.369 e. The molecule has 0 unspecified atom stereocenters. The van der Waals surface area contributed by atoms with E-state index in [4.69, 9.17) is 11.5 Å². The summed E-state index contributed by atoms with van der Waals surface area (Å²) < 4.78 is 0. The minimum atomic E-state index is -0.0926. The Balaban J connectivity index is 0. The van der Waals surface area contributed by atoms with E-state index in [0.717, 1.165) is 6.42 Å². The summed E-state index contributed by atoms with van der Waals surface area (Å²) in [5.41, 5.74) is 9.39. The van der Waals surface area contributed by atoms with Crippen molar-refractivity contribution in [2.24, 2.45) is 22.4 Å². The fourth-order valence-electron chi connectivity index (χ4n) is 0.236. The molecule has 0 aromatic carbocycles. The molecule has 4 heteroatoms. The van der Waals surface area contributed by atoms with Gasteiger partial charge in [0.05, 0.1) is 0 Å². The lowest BCUT2D eigenvalue weighted by molar-refractivity contribution is 1.21. The van der Waals surface area contributed by atoms with Crippen molar-refractivity contribution >= 4 is 5.96 Å². The van der Waals surface area contributed by atoms with Crippen molar-refractivity contribution in [1.82, 2.24) is 0 Å². The third kappa shape index (κ3) is 29.1. The highest BCUT2D eigenvalue weighted by Gasteiger charge is 1.62. The maximum absolute atomic E-state index is 4.69. The zero-order chi connectivity index (χ0) is 8.41. The van der Waals surface area contributed by atoms with Crippen molar-refractivity contribution in [3.63, 3.8) is 0 Å². The van der Waals surface area contributed by atoms with Gasteiger partial charge in [-0.25, -0.2) is 0 Å². The first-order chi connectivity index (χ1) is 4.68. The summed E-state index contributed by atoms with van der Waals surface area (Å²) in [5, 5.41) is 2.86. The number of nitrogens with zero attached hydrogens (tertiary/aromatic N) is 1. The lowest BCUT2D eigenvalue weighted by atomic mass is 10.4. The molecule has 0 rings (SSSR count). The van der Waals surface area contributed by atoms with Gasteiger partial charge in [0.15, 0.2) is 0 Å². The van der Waals surface area contributed by atoms with Crippen LogP contribution in [-0.4, -0.2) is 5.96 Å². The summed E-state index contributed by atoms with van der Waals surface area (Å²) in [6, 6.07) is 0. The average Bonchev–Trinajstić information content (AvgIpc) is 1.91. The molecule has 0 amide bonds. The lowest BCUT2D eigenvalue weighted by Gasteiger charge is -1.76. The number of hydrogen-bond acceptors (Lipinski definition) is 2. The highest BCUT2D eigenvalue weighted by molar-refractivity contribution is 5.75. The Morgan fingerprint density at radius 3 is 1.90 bits per heavy atom. The first-order valence-corrected chi connectivity index (χ1v) is 3.09. The molecule has 0 saturated carbocycles. The molecule has 60 valence electrons. The molecule has 4 nitrogen and oxygen atoms in total. The van der Waals surface area contributed by atoms with Crippen LogP contribution in [0.4, 0.5) is 0 Å². The van der Waals surface area contributed by atoms with E-state index >= 15 is 0 Å². The zero-order valence-electron chi connectivity index (χ0n) is 6.54. The summed E-state index contributed by atoms with van der Waals surface area (Å²) in [6.45, 7) is 4.16. The number of guanidine groups is 1. The van der Waals surface area contributed by atoms with Crippen LogP contribution in [0.3, 0.4) is 0 Å². The van der Waals surface area contributed by atoms with Gasteiger partial charge in [-0.05, 0) is 13.3 Å². The van der Waals surface area contributed by atoms with E-state index in [1.165, 1.54) is 0 Å². The van der Waals surface area contributed by atoms with Gasteiger partial charge in [0.2, 0.25) is 5.96 Å². The Hall–Kier alpha value is -1.19. The Labute approximate surface area is 61.8 Å². The lowest BCUT2D eigenvalue weighted by Crippen LogP contribution is -2.23. The van der Waals surface area contributed by atoms with Gasteiger partial charge in [0, 0.05) is 0 Å². The molecule has 0 spiro atoms. The van der Waals surface area contributed by atoms with Gasteiger partial charge in [-0.3, -0.25) is 0 Å². The average molecular weight is 144 g/mol. The molecule has 0 bridgehead atoms. The van der Waals surface area contributed by atoms with E-state index in [1.54, 1.807) is 0 Å². The van der Waals surface area contributed by atoms with Crippen molar-refractivity contribution in [2.45, 2.75) is 20.3 Å². The molecule has 0 aromatic heterocycles. The first-order valence-electron chi connectivity index (χ1n) is 3.09. The number of nitrogens with two attached hydrogens (primary N) is 3. The molecule has 0 radical (unpaired) electrons. The monoisotopic (exact) mass is 144 g/mol. The third-order valence-electron chi connectivity index (χ3n) is 0.620. The quantitative estimate of drug-likeness (QED) is 0.160. The largest absolute Gasteiger partial charge is 0.369 e. The molecular formula is C6H16N4. The number of rotatable bonds is 1. The number of allylic oxidation sites excluding steroid dienone is 2. The summed E-state index contributed by atoms with van der Waals surface area (Å²) in [5.74, 6) is 4.42. The van der Waals surface area contributed by atoms with Gasteiger partial charge >= 0.3 is 0 Å². The molecule has 10 heavy (non-hydrogen) atoms. The van der Waals surface area contributed by atoms with Crippen LogP contribution in [0.5, 0.6) is 0 Å². The fraction of sp³-hybridized carbons (Fsp3) is 0.500. The van der Waals surface area contributed by atoms with Crippen LogP contribution in [0.25, 0.3) is 0 Å². The first kappa shape index (κ1) is 11.6. The summed E-state index contributed by atoms with van der Waals surface area (Å²) >= 11 is 0. The van der Waals surface area contributed by atoms with E-state index in [-0.39, 0.29) is 5.96 Å². The Bertz CT molecular complexity index is 102. The summed E-state index contributed by atoms with van der Waals surface area (Å²) in [4.78, 5) is 0. The van der Waals surface area contributed by atoms with Gasteiger partial charge in [-0.1, -0.05) is 19.1 Å². The highest BCUT2D eigenvalue weighted by Crippen LogP contribution is 1.73. The van der Waals surface area contributed by atoms with E-state index in [1.807, 2.05) is 6.92 Å². The Morgan fingerprint density at radius 2 is 1.90 bits per heavy atom. The van der Waals surface area contributed by atoms with Crippen LogP contribution in [-0.2, 0) is 0 Å². The molecule has 0 aromatic rings. The smallest absolute Gasteiger partial charge is 0.208 e. The van der Waals surface area contributed by atoms with E-state index in [0.29, 0.717) is 0 Å². The van der Waals surface area contributed by atoms with Gasteiger partial charge < -0.3 is 17.3 Å². The molecule has 0 aliphatic carbocycles. The normalized spacial score (nSPS) is 8.20. The molecule has 0 aliphatic rings. The van der Waals surface area contributed by atoms with Crippen LogP contribution in [0, 0.1) is 0 Å². The Morgan fingerprint density at radius 1 is 1.50 bits per heavy atom. The topological polar surface area (TPSA) is 90.4 Å². The van der Waals surface area contributed by atoms with Crippen LogP contribution >= 0.6 is 0 Å². The second kappa shape index (κ2) is 10.7. The second-order valence-electron chi connectivity index (χ2n) is 1.53. The van der Waals surface area contributed by atoms with Crippen molar-refractivity contribution in [3.8, 4) is 0 Å². The maximum Gasteiger partial charge on any atom is 0.208 e. The minimum absolute atomic E-state index is 0.0926. The molecule has 0 fully saturated rings. The third-order valence-corrected chi connectivity index (χ3v) is 0.620. The standard InChI is InChI=1S/C5H10.CH6N4/c1-3-5-4-2;2-1(3)5-4/h3,5H,4H2,1-2H3;4H2,(H4,2,3,5). The van der Waals surface area contributed by atoms with E-state index in [2.05, 4.69) is 30.0 Å². The van der Waals surface area contributed by atoms with Crippen LogP contribution in [0.15, 0.2) is 17.3 Å². The molecule has 0 saturated heterocycles. The zero-order valence-corrected chi connectivity index (χ0v) is 6.54. The SMILES string of the molecule is CC=CCC.NN=C(N)N. The van der Waals surface area contributed by atoms with Gasteiger partial charge in [0.1, 0.15) is 0 Å². The molecule has 6 N–H and O–H groups in total. The molecular weight excluding hydrogens is 128 g/mol. The second-order valence-corrected chi connectivity index (χ2v) is 1.53. The van der Waals surface area contributed by atoms with E-state index in [9.17, 15) is 0 Å². The van der Waals surface area contributed by atoms with Crippen LogP contribution in [0.2, 0.25) is 0 Å². The Kier molecular flexibility index (Phi) is 12.4. The van der Waals surface area contributed by atoms with Crippen molar-refractivity contribution in [3.05, 3.63) is 12.2 Å². The molecule has 0 atom stereocenters. The highest BCUT2D eigenvalue weighted by atomic mass is 15.2. The van der Waals surface area contributed by atoms with Gasteiger partial charge in [-0.2, -0.15) is 0 Å². The van der Waals surface area contributed by atoms with Crippen LogP contribution < -0.4 is 17.3 Å². The molecule has 0 heterocycles. The summed E-state index contributed by atoms with van der Waals surface area (Å²) in [7, 11) is 0. The summed E-state index contributed by atoms with van der Waals surface area (Å²) in [6.07, 6.45) is 5.34. The van der Waals surface area contributed by atoms with Crippen molar-refractivity contribution < 1.29 is 0 Å². The fourth-order valence-corrected chi connectivity index (χ4v) is 0.236. The number of hydrazone groups is 1. The van der Waals surface area contributed by atoms with E-state index < -0.39 is 0 Å². The molecule has 0 aliphatic heterocycles. The van der Waals surface area contributed by atoms with Crippen molar-refractivity contribution in [2.75, 3.05) is 0 Å². The predicted octanol–water partition coefficient (Wildman–Crippen LogP) is 0.106. The van der Waals surface area contributed by atoms with Crippen LogP contribution in [0.1, 0.15) is 20.3 Å².